The van der Waals surface area contributed by atoms with Gasteiger partial charge in [0.2, 0.25) is 0 Å². The van der Waals surface area contributed by atoms with Gasteiger partial charge in [0.15, 0.2) is 6.17 Å². The second-order valence-electron chi connectivity index (χ2n) is 9.51. The van der Waals surface area contributed by atoms with Crippen molar-refractivity contribution in [2.75, 3.05) is 56.0 Å². The number of aromatic nitrogens is 1. The highest BCUT2D eigenvalue weighted by Gasteiger charge is 2.14. The molecule has 3 aromatic rings. The van der Waals surface area contributed by atoms with Gasteiger partial charge in [0.25, 0.3) is 0 Å². The van der Waals surface area contributed by atoms with E-state index >= 15 is 0 Å². The number of rotatable bonds is 13. The molecule has 0 amide bonds. The van der Waals surface area contributed by atoms with Crippen LogP contribution in [0.2, 0.25) is 0 Å². The van der Waals surface area contributed by atoms with E-state index in [0.717, 1.165) is 53.2 Å². The van der Waals surface area contributed by atoms with Crippen LogP contribution in [0.25, 0.3) is 0 Å². The van der Waals surface area contributed by atoms with Crippen molar-refractivity contribution in [3.63, 3.8) is 0 Å². The third-order valence-electron chi connectivity index (χ3n) is 6.15. The van der Waals surface area contributed by atoms with Crippen LogP contribution in [0.5, 0.6) is 0 Å². The smallest absolute Gasteiger partial charge is 0.350 e. The van der Waals surface area contributed by atoms with Crippen molar-refractivity contribution in [2.24, 2.45) is 20.5 Å². The van der Waals surface area contributed by atoms with Crippen LogP contribution in [0.1, 0.15) is 0 Å². The molecule has 4 rings (SSSR count). The highest BCUT2D eigenvalue weighted by atomic mass is 33.1. The Bertz CT molecular complexity index is 1320. The Labute approximate surface area is 245 Å². The van der Waals surface area contributed by atoms with Gasteiger partial charge in [0, 0.05) is 69.9 Å². The van der Waals surface area contributed by atoms with Crippen molar-refractivity contribution in [3.8, 4) is 0 Å². The molecule has 1 atom stereocenters. The first kappa shape index (κ1) is 29.4. The van der Waals surface area contributed by atoms with Crippen LogP contribution >= 0.6 is 21.6 Å². The minimum Gasteiger partial charge on any atom is -0.378 e. The first-order chi connectivity index (χ1) is 19.5. The molecule has 10 heteroatoms. The van der Waals surface area contributed by atoms with Crippen LogP contribution in [-0.2, 0) is 6.54 Å². The minimum atomic E-state index is -0.0870. The lowest BCUT2D eigenvalue weighted by Gasteiger charge is -2.26. The molecular formula is C30H37N8S2+. The third-order valence-corrected chi connectivity index (χ3v) is 8.52. The van der Waals surface area contributed by atoms with Gasteiger partial charge in [-0.25, -0.2) is 4.57 Å². The molecule has 2 aromatic carbocycles. The van der Waals surface area contributed by atoms with Crippen molar-refractivity contribution >= 4 is 50.2 Å². The van der Waals surface area contributed by atoms with E-state index < -0.39 is 0 Å². The SMILES string of the molecule is CN(C)c1ccc(N=Nc2cccc[n+]2CCSSCCN2C=CC=CC2N=Nc2ccc(N(C)C)cc2)cc1. The van der Waals surface area contributed by atoms with Gasteiger partial charge in [0.1, 0.15) is 12.2 Å². The van der Waals surface area contributed by atoms with E-state index in [1.54, 1.807) is 0 Å². The molecule has 1 aliphatic rings. The molecule has 40 heavy (non-hydrogen) atoms. The standard InChI is InChI=1S/C30H37N8S2/c1-35(2)27-15-11-25(12-16-27)31-33-29-9-5-7-19-37(29)21-23-39-40-24-22-38-20-8-6-10-30(38)34-32-26-13-17-28(18-14-26)36(3)4/h5-20,29H,21-24H2,1-4H3/q+1. The molecule has 0 N–H and O–H groups in total. The summed E-state index contributed by atoms with van der Waals surface area (Å²) < 4.78 is 2.14. The number of benzene rings is 2. The Hall–Kier alpha value is -3.63. The molecule has 1 aromatic heterocycles. The Kier molecular flexibility index (Phi) is 11.2. The fourth-order valence-corrected chi connectivity index (χ4v) is 5.79. The largest absolute Gasteiger partial charge is 0.378 e. The van der Waals surface area contributed by atoms with Crippen molar-refractivity contribution in [2.45, 2.75) is 12.7 Å². The van der Waals surface area contributed by atoms with Gasteiger partial charge in [-0.05, 0) is 71.9 Å². The Morgan fingerprint density at radius 2 is 1.40 bits per heavy atom. The number of anilines is 2. The number of azo groups is 2. The van der Waals surface area contributed by atoms with Crippen molar-refractivity contribution in [1.82, 2.24) is 4.90 Å². The third kappa shape index (κ3) is 8.96. The van der Waals surface area contributed by atoms with Gasteiger partial charge in [-0.1, -0.05) is 33.7 Å². The number of aryl methyl sites for hydroxylation is 1. The number of hydrogen-bond donors (Lipinski definition) is 0. The summed E-state index contributed by atoms with van der Waals surface area (Å²) in [5.74, 6) is 2.81. The molecule has 208 valence electrons. The van der Waals surface area contributed by atoms with Gasteiger partial charge in [-0.2, -0.15) is 10.2 Å². The summed E-state index contributed by atoms with van der Waals surface area (Å²) in [5.41, 5.74) is 3.99. The molecule has 0 fully saturated rings. The first-order valence-corrected chi connectivity index (χ1v) is 15.7. The van der Waals surface area contributed by atoms with E-state index in [2.05, 4.69) is 76.4 Å². The Balaban J connectivity index is 1.21. The monoisotopic (exact) mass is 573 g/mol. The summed E-state index contributed by atoms with van der Waals surface area (Å²) in [6, 6.07) is 22.2. The highest BCUT2D eigenvalue weighted by Crippen LogP contribution is 2.24. The molecule has 1 unspecified atom stereocenters. The number of allylic oxidation sites excluding steroid dienone is 2. The summed E-state index contributed by atoms with van der Waals surface area (Å²) in [6.45, 7) is 1.76. The second-order valence-corrected chi connectivity index (χ2v) is 12.2. The lowest BCUT2D eigenvalue weighted by Crippen LogP contribution is -2.34. The molecular weight excluding hydrogens is 537 g/mol. The summed E-state index contributed by atoms with van der Waals surface area (Å²) in [5, 5.41) is 18.0. The maximum atomic E-state index is 4.58. The van der Waals surface area contributed by atoms with E-state index in [9.17, 15) is 0 Å². The zero-order valence-corrected chi connectivity index (χ0v) is 25.2. The van der Waals surface area contributed by atoms with Gasteiger partial charge >= 0.3 is 5.82 Å². The van der Waals surface area contributed by atoms with Crippen LogP contribution < -0.4 is 14.4 Å². The van der Waals surface area contributed by atoms with Crippen molar-refractivity contribution in [1.29, 1.82) is 0 Å². The van der Waals surface area contributed by atoms with Crippen LogP contribution in [0.4, 0.5) is 28.6 Å². The second kappa shape index (κ2) is 15.2. The van der Waals surface area contributed by atoms with E-state index in [1.165, 1.54) is 0 Å². The molecule has 1 aliphatic heterocycles. The average molecular weight is 574 g/mol. The summed E-state index contributed by atoms with van der Waals surface area (Å²) in [4.78, 5) is 6.36. The quantitative estimate of drug-likeness (QED) is 0.0923. The molecule has 0 saturated carbocycles. The van der Waals surface area contributed by atoms with Gasteiger partial charge in [-0.15, -0.1) is 0 Å². The summed E-state index contributed by atoms with van der Waals surface area (Å²) in [6.07, 6.45) is 10.2. The molecule has 2 heterocycles. The van der Waals surface area contributed by atoms with E-state index in [-0.39, 0.29) is 6.17 Å². The predicted molar refractivity (Wildman–Crippen MR) is 171 cm³/mol. The first-order valence-electron chi connectivity index (χ1n) is 13.2. The number of hydrogen-bond acceptors (Lipinski definition) is 9. The fourth-order valence-electron chi connectivity index (χ4n) is 3.85. The lowest BCUT2D eigenvalue weighted by atomic mass is 10.3. The van der Waals surface area contributed by atoms with E-state index in [0.29, 0.717) is 0 Å². The van der Waals surface area contributed by atoms with Gasteiger partial charge in [0.05, 0.1) is 17.0 Å². The van der Waals surface area contributed by atoms with Crippen LogP contribution in [-0.4, -0.2) is 57.3 Å². The topological polar surface area (TPSA) is 63.0 Å². The maximum absolute atomic E-state index is 4.58. The summed E-state index contributed by atoms with van der Waals surface area (Å²) in [7, 11) is 11.9. The molecule has 0 radical (unpaired) electrons. The number of pyridine rings is 1. The van der Waals surface area contributed by atoms with Crippen molar-refractivity contribution in [3.05, 3.63) is 97.4 Å². The fraction of sp³-hybridized carbons (Fsp3) is 0.300. The average Bonchev–Trinajstić information content (AvgIpc) is 2.98. The Morgan fingerprint density at radius 3 is 2.08 bits per heavy atom. The lowest BCUT2D eigenvalue weighted by molar-refractivity contribution is -0.679. The zero-order valence-electron chi connectivity index (χ0n) is 23.5. The number of nitrogens with zero attached hydrogens (tertiary/aromatic N) is 8. The minimum absolute atomic E-state index is 0.0870. The maximum Gasteiger partial charge on any atom is 0.350 e. The molecule has 8 nitrogen and oxygen atoms in total. The van der Waals surface area contributed by atoms with Crippen LogP contribution in [0.15, 0.2) is 118 Å². The van der Waals surface area contributed by atoms with Crippen LogP contribution in [0, 0.1) is 0 Å². The van der Waals surface area contributed by atoms with Crippen molar-refractivity contribution < 1.29 is 4.57 Å². The summed E-state index contributed by atoms with van der Waals surface area (Å²) >= 11 is 0. The molecule has 0 aliphatic carbocycles. The highest BCUT2D eigenvalue weighted by molar-refractivity contribution is 8.76. The van der Waals surface area contributed by atoms with Gasteiger partial charge in [-0.3, -0.25) is 0 Å². The predicted octanol–water partition coefficient (Wildman–Crippen LogP) is 7.40. The van der Waals surface area contributed by atoms with E-state index in [1.807, 2.05) is 110 Å². The van der Waals surface area contributed by atoms with Gasteiger partial charge < -0.3 is 14.7 Å². The normalized spacial score (nSPS) is 14.9. The molecule has 0 saturated heterocycles. The van der Waals surface area contributed by atoms with Crippen LogP contribution in [0.3, 0.4) is 0 Å². The van der Waals surface area contributed by atoms with E-state index in [4.69, 9.17) is 0 Å². The Morgan fingerprint density at radius 1 is 0.750 bits per heavy atom. The molecule has 0 bridgehead atoms. The zero-order chi connectivity index (χ0) is 28.2. The molecule has 0 spiro atoms.